The Hall–Kier alpha value is -3.35. The second kappa shape index (κ2) is 7.34. The lowest BCUT2D eigenvalue weighted by molar-refractivity contribution is 0.0698. The van der Waals surface area contributed by atoms with Gasteiger partial charge in [-0.05, 0) is 37.6 Å². The number of carboxylic acid groups (broad SMARTS) is 1. The van der Waals surface area contributed by atoms with Crippen LogP contribution in [-0.4, -0.2) is 34.7 Å². The topological polar surface area (TPSA) is 87.5 Å². The molecule has 0 saturated heterocycles. The quantitative estimate of drug-likeness (QED) is 0.707. The van der Waals surface area contributed by atoms with E-state index in [0.717, 1.165) is 11.1 Å². The standard InChI is InChI=1S/C21H24N4O3/c1-12-10-15(13(2)22-17-9-7-6-8-14(17)20(27)28)18-16(11-12)19(26)25(5)21(23-18)24(3)4/h6-11,13,22H,1-5H3,(H,27,28). The smallest absolute Gasteiger partial charge is 0.337 e. The van der Waals surface area contributed by atoms with Crippen molar-refractivity contribution in [3.8, 4) is 0 Å². The van der Waals surface area contributed by atoms with Crippen molar-refractivity contribution in [2.24, 2.45) is 7.05 Å². The minimum Gasteiger partial charge on any atom is -0.478 e. The summed E-state index contributed by atoms with van der Waals surface area (Å²) in [6.07, 6.45) is 0. The molecule has 0 fully saturated rings. The third-order valence-electron chi connectivity index (χ3n) is 4.73. The van der Waals surface area contributed by atoms with Crippen LogP contribution >= 0.6 is 0 Å². The van der Waals surface area contributed by atoms with E-state index in [-0.39, 0.29) is 17.2 Å². The van der Waals surface area contributed by atoms with Crippen molar-refractivity contribution in [1.82, 2.24) is 9.55 Å². The van der Waals surface area contributed by atoms with Gasteiger partial charge in [0.05, 0.1) is 22.5 Å². The van der Waals surface area contributed by atoms with Crippen LogP contribution in [0.15, 0.2) is 41.2 Å². The Morgan fingerprint density at radius 1 is 1.25 bits per heavy atom. The number of aromatic carboxylic acids is 1. The zero-order valence-electron chi connectivity index (χ0n) is 16.6. The number of hydrogen-bond acceptors (Lipinski definition) is 5. The van der Waals surface area contributed by atoms with Crippen molar-refractivity contribution >= 4 is 28.5 Å². The summed E-state index contributed by atoms with van der Waals surface area (Å²) in [5.74, 6) is -0.438. The first-order valence-corrected chi connectivity index (χ1v) is 8.98. The largest absolute Gasteiger partial charge is 0.478 e. The molecule has 0 spiro atoms. The highest BCUT2D eigenvalue weighted by Gasteiger charge is 2.18. The lowest BCUT2D eigenvalue weighted by Gasteiger charge is -2.21. The molecule has 1 atom stereocenters. The van der Waals surface area contributed by atoms with Gasteiger partial charge in [-0.2, -0.15) is 0 Å². The number of para-hydroxylation sites is 1. The van der Waals surface area contributed by atoms with Crippen LogP contribution < -0.4 is 15.8 Å². The molecular formula is C21H24N4O3. The van der Waals surface area contributed by atoms with Gasteiger partial charge in [-0.25, -0.2) is 9.78 Å². The molecule has 3 rings (SSSR count). The van der Waals surface area contributed by atoms with Crippen LogP contribution in [0.3, 0.4) is 0 Å². The van der Waals surface area contributed by atoms with Gasteiger partial charge in [0.2, 0.25) is 5.95 Å². The highest BCUT2D eigenvalue weighted by atomic mass is 16.4. The maximum Gasteiger partial charge on any atom is 0.337 e. The molecule has 7 nitrogen and oxygen atoms in total. The van der Waals surface area contributed by atoms with Gasteiger partial charge >= 0.3 is 5.97 Å². The number of nitrogens with one attached hydrogen (secondary N) is 1. The van der Waals surface area contributed by atoms with Gasteiger partial charge in [0.25, 0.3) is 5.56 Å². The fourth-order valence-electron chi connectivity index (χ4n) is 3.38. The first kappa shape index (κ1) is 19.4. The van der Waals surface area contributed by atoms with E-state index in [4.69, 9.17) is 4.98 Å². The predicted molar refractivity (Wildman–Crippen MR) is 111 cm³/mol. The normalized spacial score (nSPS) is 12.0. The molecule has 28 heavy (non-hydrogen) atoms. The minimum atomic E-state index is -0.994. The van der Waals surface area contributed by atoms with Gasteiger partial charge in [0.1, 0.15) is 0 Å². The molecular weight excluding hydrogens is 356 g/mol. The molecule has 1 unspecified atom stereocenters. The molecule has 146 valence electrons. The van der Waals surface area contributed by atoms with Gasteiger partial charge in [0, 0.05) is 32.4 Å². The molecule has 0 aliphatic rings. The van der Waals surface area contributed by atoms with E-state index in [1.807, 2.05) is 40.1 Å². The highest BCUT2D eigenvalue weighted by molar-refractivity contribution is 5.94. The number of benzene rings is 2. The fourth-order valence-corrected chi connectivity index (χ4v) is 3.38. The van der Waals surface area contributed by atoms with Gasteiger partial charge in [-0.3, -0.25) is 9.36 Å². The van der Waals surface area contributed by atoms with Gasteiger partial charge in [-0.1, -0.05) is 18.2 Å². The average molecular weight is 380 g/mol. The summed E-state index contributed by atoms with van der Waals surface area (Å²) in [5.41, 5.74) is 3.01. The molecule has 0 radical (unpaired) electrons. The molecule has 3 aromatic rings. The molecule has 1 aromatic heterocycles. The van der Waals surface area contributed by atoms with E-state index < -0.39 is 5.97 Å². The fraction of sp³-hybridized carbons (Fsp3) is 0.286. The Morgan fingerprint density at radius 3 is 2.57 bits per heavy atom. The Labute approximate surface area is 163 Å². The number of carbonyl (C=O) groups is 1. The van der Waals surface area contributed by atoms with Crippen LogP contribution in [-0.2, 0) is 7.05 Å². The van der Waals surface area contributed by atoms with Crippen LogP contribution in [0, 0.1) is 6.92 Å². The van der Waals surface area contributed by atoms with Crippen molar-refractivity contribution in [3.05, 3.63) is 63.4 Å². The Morgan fingerprint density at radius 2 is 1.93 bits per heavy atom. The number of anilines is 2. The van der Waals surface area contributed by atoms with Crippen molar-refractivity contribution in [1.29, 1.82) is 0 Å². The molecule has 0 aliphatic heterocycles. The lowest BCUT2D eigenvalue weighted by Crippen LogP contribution is -2.27. The van der Waals surface area contributed by atoms with Gasteiger partial charge in [-0.15, -0.1) is 0 Å². The first-order chi connectivity index (χ1) is 13.2. The summed E-state index contributed by atoms with van der Waals surface area (Å²) in [6, 6.07) is 10.3. The van der Waals surface area contributed by atoms with Crippen LogP contribution in [0.1, 0.15) is 34.5 Å². The maximum absolute atomic E-state index is 12.9. The Bertz CT molecular complexity index is 1120. The lowest BCUT2D eigenvalue weighted by atomic mass is 10.0. The number of fused-ring (bicyclic) bond motifs is 1. The monoisotopic (exact) mass is 380 g/mol. The summed E-state index contributed by atoms with van der Waals surface area (Å²) in [7, 11) is 5.38. The molecule has 2 aromatic carbocycles. The van der Waals surface area contributed by atoms with Crippen LogP contribution in [0.5, 0.6) is 0 Å². The van der Waals surface area contributed by atoms with E-state index in [1.54, 1.807) is 36.2 Å². The number of carboxylic acids is 1. The number of aromatic nitrogens is 2. The summed E-state index contributed by atoms with van der Waals surface area (Å²) >= 11 is 0. The van der Waals surface area contributed by atoms with E-state index in [1.165, 1.54) is 4.57 Å². The predicted octanol–water partition coefficient (Wildman–Crippen LogP) is 3.18. The summed E-state index contributed by atoms with van der Waals surface area (Å²) in [5, 5.41) is 13.2. The molecule has 0 saturated carbocycles. The molecule has 0 aliphatic carbocycles. The number of hydrogen-bond donors (Lipinski definition) is 2. The van der Waals surface area contributed by atoms with Gasteiger partial charge < -0.3 is 15.3 Å². The van der Waals surface area contributed by atoms with Crippen molar-refractivity contribution < 1.29 is 9.90 Å². The van der Waals surface area contributed by atoms with Crippen LogP contribution in [0.25, 0.3) is 10.9 Å². The molecule has 0 amide bonds. The summed E-state index contributed by atoms with van der Waals surface area (Å²) in [6.45, 7) is 3.86. The highest BCUT2D eigenvalue weighted by Crippen LogP contribution is 2.28. The number of aryl methyl sites for hydroxylation is 1. The molecule has 0 bridgehead atoms. The van der Waals surface area contributed by atoms with Crippen molar-refractivity contribution in [2.75, 3.05) is 24.3 Å². The second-order valence-electron chi connectivity index (χ2n) is 7.14. The summed E-state index contributed by atoms with van der Waals surface area (Å²) in [4.78, 5) is 30.9. The number of nitrogens with zero attached hydrogens (tertiary/aromatic N) is 3. The maximum atomic E-state index is 12.9. The summed E-state index contributed by atoms with van der Waals surface area (Å²) < 4.78 is 1.53. The zero-order valence-corrected chi connectivity index (χ0v) is 16.6. The Balaban J connectivity index is 2.17. The van der Waals surface area contributed by atoms with E-state index in [2.05, 4.69) is 5.32 Å². The van der Waals surface area contributed by atoms with Gasteiger partial charge in [0.15, 0.2) is 0 Å². The molecule has 7 heteroatoms. The second-order valence-corrected chi connectivity index (χ2v) is 7.14. The third-order valence-corrected chi connectivity index (χ3v) is 4.73. The van der Waals surface area contributed by atoms with Crippen molar-refractivity contribution in [2.45, 2.75) is 19.9 Å². The van der Waals surface area contributed by atoms with Crippen LogP contribution in [0.2, 0.25) is 0 Å². The third kappa shape index (κ3) is 3.43. The molecule has 2 N–H and O–H groups in total. The van der Waals surface area contributed by atoms with E-state index in [9.17, 15) is 14.7 Å². The van der Waals surface area contributed by atoms with Crippen molar-refractivity contribution in [3.63, 3.8) is 0 Å². The SMILES string of the molecule is Cc1cc(C(C)Nc2ccccc2C(=O)O)c2nc(N(C)C)n(C)c(=O)c2c1. The Kier molecular flexibility index (Phi) is 5.09. The average Bonchev–Trinajstić information content (AvgIpc) is 2.64. The van der Waals surface area contributed by atoms with Crippen LogP contribution in [0.4, 0.5) is 11.6 Å². The molecule has 1 heterocycles. The van der Waals surface area contributed by atoms with E-state index >= 15 is 0 Å². The first-order valence-electron chi connectivity index (χ1n) is 8.98. The minimum absolute atomic E-state index is 0.114. The van der Waals surface area contributed by atoms with E-state index in [0.29, 0.717) is 22.5 Å². The zero-order chi connectivity index (χ0) is 20.6. The number of rotatable bonds is 5.